The molecule has 1 aromatic carbocycles. The van der Waals surface area contributed by atoms with E-state index in [1.807, 2.05) is 29.2 Å². The molecule has 0 saturated carbocycles. The van der Waals surface area contributed by atoms with Gasteiger partial charge in [0.25, 0.3) is 11.5 Å². The largest absolute Gasteiger partial charge is 0.380 e. The number of aromatic nitrogens is 1. The summed E-state index contributed by atoms with van der Waals surface area (Å²) < 4.78 is 6.94. The van der Waals surface area contributed by atoms with Crippen LogP contribution in [0.2, 0.25) is 0 Å². The van der Waals surface area contributed by atoms with Gasteiger partial charge in [-0.05, 0) is 23.9 Å². The molecule has 6 heteroatoms. The van der Waals surface area contributed by atoms with E-state index >= 15 is 0 Å². The van der Waals surface area contributed by atoms with Crippen LogP contribution in [0, 0.1) is 0 Å². The second kappa shape index (κ2) is 6.61. The topological polar surface area (TPSA) is 54.8 Å². The molecule has 2 aliphatic heterocycles. The third-order valence-corrected chi connectivity index (χ3v) is 5.39. The molecule has 25 heavy (non-hydrogen) atoms. The van der Waals surface area contributed by atoms with E-state index in [4.69, 9.17) is 4.74 Å². The fraction of sp³-hybridized carbons (Fsp3) is 0.474. The van der Waals surface area contributed by atoms with Crippen molar-refractivity contribution in [3.63, 3.8) is 0 Å². The van der Waals surface area contributed by atoms with Gasteiger partial charge in [-0.1, -0.05) is 18.2 Å². The zero-order chi connectivity index (χ0) is 17.4. The van der Waals surface area contributed by atoms with Gasteiger partial charge in [-0.15, -0.1) is 0 Å². The summed E-state index contributed by atoms with van der Waals surface area (Å²) in [5.74, 6) is -0.0623. The lowest BCUT2D eigenvalue weighted by Crippen LogP contribution is -2.52. The lowest BCUT2D eigenvalue weighted by Gasteiger charge is -2.37. The van der Waals surface area contributed by atoms with Gasteiger partial charge in [0.2, 0.25) is 0 Å². The van der Waals surface area contributed by atoms with Gasteiger partial charge in [0.15, 0.2) is 0 Å². The third kappa shape index (κ3) is 2.96. The van der Waals surface area contributed by atoms with Crippen molar-refractivity contribution in [3.05, 3.63) is 46.4 Å². The highest BCUT2D eigenvalue weighted by atomic mass is 16.5. The van der Waals surface area contributed by atoms with Crippen molar-refractivity contribution in [2.24, 2.45) is 7.05 Å². The SMILES string of the molecule is Cn1c(C(=O)N2CCN(C3CCOC3)CC2)cc2ccccc2c1=O. The molecule has 6 nitrogen and oxygen atoms in total. The van der Waals surface area contributed by atoms with Crippen LogP contribution in [0.25, 0.3) is 10.8 Å². The first-order valence-corrected chi connectivity index (χ1v) is 8.85. The van der Waals surface area contributed by atoms with Crippen LogP contribution in [0.4, 0.5) is 0 Å². The van der Waals surface area contributed by atoms with E-state index in [2.05, 4.69) is 4.90 Å². The first-order valence-electron chi connectivity index (χ1n) is 8.85. The Balaban J connectivity index is 1.54. The minimum atomic E-state index is -0.122. The summed E-state index contributed by atoms with van der Waals surface area (Å²) in [6, 6.07) is 9.73. The van der Waals surface area contributed by atoms with Gasteiger partial charge in [-0.2, -0.15) is 0 Å². The molecule has 0 radical (unpaired) electrons. The van der Waals surface area contributed by atoms with Crippen molar-refractivity contribution >= 4 is 16.7 Å². The van der Waals surface area contributed by atoms with Crippen molar-refractivity contribution in [2.45, 2.75) is 12.5 Å². The van der Waals surface area contributed by atoms with Gasteiger partial charge in [0, 0.05) is 51.3 Å². The number of carbonyl (C=O) groups is 1. The Hall–Kier alpha value is -2.18. The van der Waals surface area contributed by atoms with Gasteiger partial charge in [0.05, 0.1) is 6.61 Å². The lowest BCUT2D eigenvalue weighted by atomic mass is 10.1. The van der Waals surface area contributed by atoms with Gasteiger partial charge >= 0.3 is 0 Å². The Labute approximate surface area is 146 Å². The van der Waals surface area contributed by atoms with E-state index in [0.29, 0.717) is 30.2 Å². The van der Waals surface area contributed by atoms with E-state index in [9.17, 15) is 9.59 Å². The number of piperazine rings is 1. The summed E-state index contributed by atoms with van der Waals surface area (Å²) in [5.41, 5.74) is 0.338. The van der Waals surface area contributed by atoms with Crippen molar-refractivity contribution in [3.8, 4) is 0 Å². The van der Waals surface area contributed by atoms with E-state index in [1.165, 1.54) is 4.57 Å². The van der Waals surface area contributed by atoms with Crippen LogP contribution in [0.15, 0.2) is 35.1 Å². The molecule has 4 rings (SSSR count). The standard InChI is InChI=1S/C19H23N3O3/c1-20-17(12-14-4-2-3-5-16(14)18(20)23)19(24)22-9-7-21(8-10-22)15-6-11-25-13-15/h2-5,12,15H,6-11,13H2,1H3. The van der Waals surface area contributed by atoms with Crippen LogP contribution in [-0.4, -0.2) is 65.7 Å². The number of nitrogens with zero attached hydrogens (tertiary/aromatic N) is 3. The number of hydrogen-bond acceptors (Lipinski definition) is 4. The molecular weight excluding hydrogens is 318 g/mol. The van der Waals surface area contributed by atoms with Crippen LogP contribution in [0.1, 0.15) is 16.9 Å². The van der Waals surface area contributed by atoms with Gasteiger partial charge < -0.3 is 14.2 Å². The Kier molecular flexibility index (Phi) is 4.31. The van der Waals surface area contributed by atoms with Gasteiger partial charge in [0.1, 0.15) is 5.69 Å². The number of rotatable bonds is 2. The molecular formula is C19H23N3O3. The third-order valence-electron chi connectivity index (χ3n) is 5.39. The Morgan fingerprint density at radius 2 is 1.92 bits per heavy atom. The maximum absolute atomic E-state index is 13.0. The summed E-state index contributed by atoms with van der Waals surface area (Å²) in [5, 5.41) is 1.46. The highest BCUT2D eigenvalue weighted by molar-refractivity contribution is 5.96. The number of carbonyl (C=O) groups excluding carboxylic acids is 1. The van der Waals surface area contributed by atoms with Crippen molar-refractivity contribution in [1.82, 2.24) is 14.4 Å². The molecule has 2 saturated heterocycles. The van der Waals surface area contributed by atoms with Crippen LogP contribution >= 0.6 is 0 Å². The minimum Gasteiger partial charge on any atom is -0.380 e. The Morgan fingerprint density at radius 1 is 1.16 bits per heavy atom. The molecule has 2 fully saturated rings. The molecule has 0 aliphatic carbocycles. The molecule has 0 spiro atoms. The average molecular weight is 341 g/mol. The number of benzene rings is 1. The highest BCUT2D eigenvalue weighted by Gasteiger charge is 2.29. The fourth-order valence-electron chi connectivity index (χ4n) is 3.82. The zero-order valence-corrected chi connectivity index (χ0v) is 14.5. The quantitative estimate of drug-likeness (QED) is 0.820. The van der Waals surface area contributed by atoms with E-state index in [-0.39, 0.29) is 11.5 Å². The van der Waals surface area contributed by atoms with Crippen LogP contribution < -0.4 is 5.56 Å². The molecule has 132 valence electrons. The number of amides is 1. The fourth-order valence-corrected chi connectivity index (χ4v) is 3.82. The monoisotopic (exact) mass is 341 g/mol. The maximum Gasteiger partial charge on any atom is 0.270 e. The minimum absolute atomic E-state index is 0.0623. The molecule has 1 aromatic heterocycles. The van der Waals surface area contributed by atoms with Crippen LogP contribution in [0.3, 0.4) is 0 Å². The molecule has 3 heterocycles. The van der Waals surface area contributed by atoms with Gasteiger partial charge in [-0.25, -0.2) is 0 Å². The Bertz CT molecular complexity index is 847. The molecule has 2 aromatic rings. The summed E-state index contributed by atoms with van der Waals surface area (Å²) in [6.07, 6.45) is 1.08. The second-order valence-electron chi connectivity index (χ2n) is 6.83. The summed E-state index contributed by atoms with van der Waals surface area (Å²) >= 11 is 0. The summed E-state index contributed by atoms with van der Waals surface area (Å²) in [4.78, 5) is 29.8. The molecule has 0 N–H and O–H groups in total. The number of ether oxygens (including phenoxy) is 1. The van der Waals surface area contributed by atoms with Crippen molar-refractivity contribution in [2.75, 3.05) is 39.4 Å². The van der Waals surface area contributed by atoms with Crippen LogP contribution in [0.5, 0.6) is 0 Å². The predicted octanol–water partition coefficient (Wildman–Crippen LogP) is 1.09. The molecule has 0 bridgehead atoms. The molecule has 1 amide bonds. The van der Waals surface area contributed by atoms with E-state index in [1.54, 1.807) is 13.1 Å². The smallest absolute Gasteiger partial charge is 0.270 e. The molecule has 1 unspecified atom stereocenters. The molecule has 2 aliphatic rings. The number of fused-ring (bicyclic) bond motifs is 1. The normalized spacial score (nSPS) is 21.8. The zero-order valence-electron chi connectivity index (χ0n) is 14.5. The van der Waals surface area contributed by atoms with Crippen molar-refractivity contribution in [1.29, 1.82) is 0 Å². The van der Waals surface area contributed by atoms with Crippen LogP contribution in [-0.2, 0) is 11.8 Å². The second-order valence-corrected chi connectivity index (χ2v) is 6.83. The van der Waals surface area contributed by atoms with Crippen molar-refractivity contribution < 1.29 is 9.53 Å². The Morgan fingerprint density at radius 3 is 2.64 bits per heavy atom. The van der Waals surface area contributed by atoms with Gasteiger partial charge in [-0.3, -0.25) is 14.5 Å². The number of hydrogen-bond donors (Lipinski definition) is 0. The first kappa shape index (κ1) is 16.3. The van der Waals surface area contributed by atoms with E-state index in [0.717, 1.165) is 38.1 Å². The number of pyridine rings is 1. The average Bonchev–Trinajstić information content (AvgIpc) is 3.19. The summed E-state index contributed by atoms with van der Waals surface area (Å²) in [7, 11) is 1.67. The maximum atomic E-state index is 13.0. The predicted molar refractivity (Wildman–Crippen MR) is 95.9 cm³/mol. The summed E-state index contributed by atoms with van der Waals surface area (Å²) in [6.45, 7) is 4.74. The highest BCUT2D eigenvalue weighted by Crippen LogP contribution is 2.17. The van der Waals surface area contributed by atoms with E-state index < -0.39 is 0 Å². The first-order chi connectivity index (χ1) is 12.1. The molecule has 1 atom stereocenters. The lowest BCUT2D eigenvalue weighted by molar-refractivity contribution is 0.0540.